The zero-order valence-corrected chi connectivity index (χ0v) is 6.27. The number of thioether (sulfide) groups is 1. The van der Waals surface area contributed by atoms with Gasteiger partial charge in [-0.1, -0.05) is 6.53 Å². The van der Waals surface area contributed by atoms with Gasteiger partial charge < -0.3 is 0 Å². The molecule has 0 aromatic carbocycles. The van der Waals surface area contributed by atoms with Gasteiger partial charge >= 0.3 is 0 Å². The van der Waals surface area contributed by atoms with Crippen molar-refractivity contribution in [3.63, 3.8) is 0 Å². The molecule has 3 fully saturated rings. The average molecular weight is 180 g/mol. The van der Waals surface area contributed by atoms with Gasteiger partial charge in [0.05, 0.1) is 16.3 Å². The molecule has 0 saturated carbocycles. The molecular formula is C6H6O2S2. The Morgan fingerprint density at radius 2 is 2.80 bits per heavy atom. The highest BCUT2D eigenvalue weighted by Crippen LogP contribution is 2.47. The van der Waals surface area contributed by atoms with Gasteiger partial charge in [-0.05, 0) is 5.57 Å². The lowest BCUT2D eigenvalue weighted by molar-refractivity contribution is -0.116. The maximum atomic E-state index is 11.6. The van der Waals surface area contributed by atoms with Crippen LogP contribution in [-0.4, -0.2) is 19.1 Å². The van der Waals surface area contributed by atoms with Crippen molar-refractivity contribution in [2.45, 2.75) is 15.5 Å². The van der Waals surface area contributed by atoms with Gasteiger partial charge in [-0.15, -0.1) is 11.8 Å². The van der Waals surface area contributed by atoms with Gasteiger partial charge in [0, 0.05) is 9.11 Å². The third kappa shape index (κ3) is 0.661. The fourth-order valence-corrected chi connectivity index (χ4v) is 2.83. The quantitative estimate of drug-likeness (QED) is 0.514. The van der Waals surface area contributed by atoms with Crippen molar-refractivity contribution < 1.29 is 17.2 Å². The molecule has 3 saturated heterocycles. The van der Waals surface area contributed by atoms with E-state index in [0.29, 0.717) is 11.8 Å². The molecular weight excluding hydrogens is 168 g/mol. The predicted molar refractivity (Wildman–Crippen MR) is 42.1 cm³/mol. The SMILES string of the molecule is [2H]C([2H])=C1C([2H])([2H])C(=O)[C@]2([2H])S[C@@]1([2H])S2=O. The van der Waals surface area contributed by atoms with Gasteiger partial charge in [0.2, 0.25) is 0 Å². The summed E-state index contributed by atoms with van der Waals surface area (Å²) >= 11 is 0.421. The minimum Gasteiger partial charge on any atom is -0.297 e. The van der Waals surface area contributed by atoms with E-state index in [1.165, 1.54) is 0 Å². The van der Waals surface area contributed by atoms with E-state index < -0.39 is 44.2 Å². The maximum absolute atomic E-state index is 11.6. The first-order valence-electron chi connectivity index (χ1n) is 5.44. The van der Waals surface area contributed by atoms with Crippen molar-refractivity contribution in [1.29, 1.82) is 0 Å². The first kappa shape index (κ1) is 2.75. The second kappa shape index (κ2) is 1.95. The second-order valence-electron chi connectivity index (χ2n) is 1.77. The first-order chi connectivity index (χ1) is 7.08. The molecule has 3 heterocycles. The Morgan fingerprint density at radius 3 is 3.40 bits per heavy atom. The summed E-state index contributed by atoms with van der Waals surface area (Å²) in [6.45, 7) is -1.02. The molecule has 54 valence electrons. The van der Waals surface area contributed by atoms with Crippen LogP contribution in [0, 0.1) is 0 Å². The van der Waals surface area contributed by atoms with E-state index in [0.717, 1.165) is 0 Å². The minimum atomic E-state index is -2.72. The van der Waals surface area contributed by atoms with Crippen LogP contribution in [0.2, 0.25) is 0 Å². The monoisotopic (exact) mass is 180 g/mol. The molecule has 0 radical (unpaired) electrons. The van der Waals surface area contributed by atoms with E-state index in [2.05, 4.69) is 0 Å². The van der Waals surface area contributed by atoms with Crippen LogP contribution in [0.15, 0.2) is 12.1 Å². The molecule has 3 rings (SSSR count). The molecule has 0 aromatic heterocycles. The summed E-state index contributed by atoms with van der Waals surface area (Å²) in [5.41, 5.74) is -0.720. The smallest absolute Gasteiger partial charge is 0.162 e. The average Bonchev–Trinajstić information content (AvgIpc) is 2.12. The number of hydrogen-bond acceptors (Lipinski definition) is 3. The number of fused-ring (bicyclic) bond motifs is 2. The standard InChI is InChI=1S/C6H6O2S2/c1-3-2-4(7)6-9-5(3)10(6)8/h5-6H,1-2H2/t5-,6+,10?/m0/s1/i1D2,2D2,5D,6D. The van der Waals surface area contributed by atoms with Crippen LogP contribution in [-0.2, 0) is 15.6 Å². The number of carbonyl (C=O) groups is 1. The number of carbonyl (C=O) groups excluding carboxylic acids is 1. The molecule has 3 aliphatic heterocycles. The van der Waals surface area contributed by atoms with Crippen LogP contribution < -0.4 is 0 Å². The Bertz CT molecular complexity index is 451. The lowest BCUT2D eigenvalue weighted by atomic mass is 10.2. The highest BCUT2D eigenvalue weighted by molar-refractivity contribution is 8.28. The summed E-state index contributed by atoms with van der Waals surface area (Å²) in [4.78, 5) is 11.6. The van der Waals surface area contributed by atoms with Gasteiger partial charge in [-0.2, -0.15) is 0 Å². The molecule has 1 unspecified atom stereocenters. The van der Waals surface area contributed by atoms with E-state index >= 15 is 0 Å². The minimum absolute atomic E-state index is 0.421. The zero-order chi connectivity index (χ0) is 12.5. The van der Waals surface area contributed by atoms with Crippen LogP contribution in [0.1, 0.15) is 14.6 Å². The Hall–Kier alpha value is -0.0900. The van der Waals surface area contributed by atoms with E-state index in [-0.39, 0.29) is 0 Å². The summed E-state index contributed by atoms with van der Waals surface area (Å²) < 4.78 is 51.7. The number of hydrogen-bond donors (Lipinski definition) is 0. The molecule has 3 aliphatic rings. The molecule has 0 N–H and O–H groups in total. The summed E-state index contributed by atoms with van der Waals surface area (Å²) in [7, 11) is -2.24. The van der Waals surface area contributed by atoms with Crippen molar-refractivity contribution in [2.75, 3.05) is 0 Å². The first-order valence-corrected chi connectivity index (χ1v) is 4.40. The molecule has 10 heavy (non-hydrogen) atoms. The van der Waals surface area contributed by atoms with Crippen LogP contribution in [0.5, 0.6) is 0 Å². The van der Waals surface area contributed by atoms with Crippen LogP contribution >= 0.6 is 11.8 Å². The third-order valence-electron chi connectivity index (χ3n) is 1.15. The van der Waals surface area contributed by atoms with Crippen molar-refractivity contribution in [3.05, 3.63) is 12.1 Å². The summed E-state index contributed by atoms with van der Waals surface area (Å²) in [5.74, 6) is -1.25. The van der Waals surface area contributed by atoms with Gasteiger partial charge in [0.15, 0.2) is 5.78 Å². The van der Waals surface area contributed by atoms with Gasteiger partial charge in [0.1, 0.15) is 9.12 Å². The number of rotatable bonds is 0. The van der Waals surface area contributed by atoms with Gasteiger partial charge in [-0.25, -0.2) is 0 Å². The van der Waals surface area contributed by atoms with E-state index in [1.807, 2.05) is 0 Å². The molecule has 0 aliphatic carbocycles. The number of Topliss-reactive ketones (excluding diaryl/α,β-unsaturated/α-hetero) is 1. The highest BCUT2D eigenvalue weighted by Gasteiger charge is 2.49. The lowest BCUT2D eigenvalue weighted by Gasteiger charge is -2.38. The molecule has 0 spiro atoms. The van der Waals surface area contributed by atoms with Crippen molar-refractivity contribution in [1.82, 2.24) is 0 Å². The van der Waals surface area contributed by atoms with Crippen molar-refractivity contribution >= 4 is 28.3 Å². The Morgan fingerprint density at radius 1 is 2.00 bits per heavy atom. The predicted octanol–water partition coefficient (Wildman–Crippen LogP) is 0.663. The molecule has 2 nitrogen and oxygen atoms in total. The normalized spacial score (nSPS) is 73.0. The van der Waals surface area contributed by atoms with Crippen LogP contribution in [0.25, 0.3) is 0 Å². The molecule has 3 atom stereocenters. The largest absolute Gasteiger partial charge is 0.297 e. The van der Waals surface area contributed by atoms with Crippen molar-refractivity contribution in [3.8, 4) is 0 Å². The maximum Gasteiger partial charge on any atom is 0.162 e. The number of ketones is 1. The van der Waals surface area contributed by atoms with Crippen LogP contribution in [0.4, 0.5) is 0 Å². The van der Waals surface area contributed by atoms with Crippen LogP contribution in [0.3, 0.4) is 0 Å². The van der Waals surface area contributed by atoms with E-state index in [1.54, 1.807) is 0 Å². The van der Waals surface area contributed by atoms with Gasteiger partial charge in [-0.3, -0.25) is 9.00 Å². The molecule has 4 heteroatoms. The van der Waals surface area contributed by atoms with E-state index in [9.17, 15) is 9.00 Å². The van der Waals surface area contributed by atoms with Gasteiger partial charge in [0.25, 0.3) is 0 Å². The fraction of sp³-hybridized carbons (Fsp3) is 0.500. The fourth-order valence-electron chi connectivity index (χ4n) is 0.700. The van der Waals surface area contributed by atoms with E-state index in [4.69, 9.17) is 8.22 Å². The lowest BCUT2D eigenvalue weighted by Crippen LogP contribution is -2.46. The summed E-state index contributed by atoms with van der Waals surface area (Å²) in [5, 5.41) is 0. The third-order valence-corrected chi connectivity index (χ3v) is 4.38. The topological polar surface area (TPSA) is 34.1 Å². The summed E-state index contributed by atoms with van der Waals surface area (Å²) in [6.07, 6.45) is -2.72. The second-order valence-corrected chi connectivity index (χ2v) is 4.67. The Balaban J connectivity index is 2.70. The molecule has 0 amide bonds. The zero-order valence-electron chi connectivity index (χ0n) is 10.6. The Kier molecular flexibility index (Phi) is 0.536. The molecule has 2 bridgehead atoms. The highest BCUT2D eigenvalue weighted by atomic mass is 32.3. The van der Waals surface area contributed by atoms with Crippen molar-refractivity contribution in [2.24, 2.45) is 0 Å². The summed E-state index contributed by atoms with van der Waals surface area (Å²) in [6, 6.07) is 0. The Labute approximate surface area is 74.0 Å². The molecule has 0 aromatic rings.